The Morgan fingerprint density at radius 1 is 1.13 bits per heavy atom. The predicted molar refractivity (Wildman–Crippen MR) is 82.4 cm³/mol. The van der Waals surface area contributed by atoms with Gasteiger partial charge in [0.15, 0.2) is 0 Å². The van der Waals surface area contributed by atoms with E-state index in [2.05, 4.69) is 5.32 Å². The molecule has 0 fully saturated rings. The first kappa shape index (κ1) is 19.2. The maximum atomic E-state index is 11.9. The van der Waals surface area contributed by atoms with Crippen molar-refractivity contribution in [3.05, 3.63) is 12.2 Å². The first-order valence-corrected chi connectivity index (χ1v) is 7.67. The van der Waals surface area contributed by atoms with Crippen LogP contribution in [0.15, 0.2) is 12.2 Å². The Hall–Kier alpha value is -1.89. The number of methoxy groups -OCH3 is 1. The molecule has 4 atom stereocenters. The van der Waals surface area contributed by atoms with E-state index < -0.39 is 23.9 Å². The van der Waals surface area contributed by atoms with Crippen molar-refractivity contribution in [2.45, 2.75) is 39.3 Å². The van der Waals surface area contributed by atoms with E-state index in [0.29, 0.717) is 0 Å². The normalized spacial score (nSPS) is 32.8. The molecule has 1 aliphatic rings. The van der Waals surface area contributed by atoms with E-state index in [-0.39, 0.29) is 37.6 Å². The molecule has 130 valence electrons. The van der Waals surface area contributed by atoms with Gasteiger partial charge in [-0.2, -0.15) is 0 Å². The van der Waals surface area contributed by atoms with Crippen molar-refractivity contribution in [1.82, 2.24) is 5.32 Å². The van der Waals surface area contributed by atoms with Crippen molar-refractivity contribution in [3.63, 3.8) is 0 Å². The van der Waals surface area contributed by atoms with Crippen LogP contribution in [-0.4, -0.2) is 50.3 Å². The zero-order chi connectivity index (χ0) is 17.4. The van der Waals surface area contributed by atoms with Gasteiger partial charge in [-0.25, -0.2) is 4.79 Å². The largest absolute Gasteiger partial charge is 0.465 e. The zero-order valence-corrected chi connectivity index (χ0v) is 14.0. The minimum atomic E-state index is -0.783. The number of carbonyl (C=O) groups is 3. The fourth-order valence-corrected chi connectivity index (χ4v) is 1.99. The quantitative estimate of drug-likeness (QED) is 0.566. The highest BCUT2D eigenvalue weighted by Crippen LogP contribution is 2.11. The minimum absolute atomic E-state index is 0.0312. The van der Waals surface area contributed by atoms with Crippen LogP contribution < -0.4 is 5.32 Å². The molecule has 0 aliphatic carbocycles. The van der Waals surface area contributed by atoms with E-state index in [9.17, 15) is 14.4 Å². The van der Waals surface area contributed by atoms with E-state index in [1.54, 1.807) is 19.9 Å². The zero-order valence-electron chi connectivity index (χ0n) is 14.0. The van der Waals surface area contributed by atoms with Crippen LogP contribution in [0.3, 0.4) is 0 Å². The predicted octanol–water partition coefficient (Wildman–Crippen LogP) is 0.825. The van der Waals surface area contributed by atoms with Gasteiger partial charge in [0, 0.05) is 13.0 Å². The number of rotatable bonds is 1. The summed E-state index contributed by atoms with van der Waals surface area (Å²) in [5.74, 6) is -1.90. The van der Waals surface area contributed by atoms with Crippen molar-refractivity contribution >= 4 is 17.8 Å². The molecule has 0 spiro atoms. The average molecular weight is 327 g/mol. The Balaban J connectivity index is 2.83. The lowest BCUT2D eigenvalue weighted by molar-refractivity contribution is -0.152. The maximum absolute atomic E-state index is 11.9. The number of ether oxygens (including phenoxy) is 3. The summed E-state index contributed by atoms with van der Waals surface area (Å²) in [5, 5.41) is 2.55. The van der Waals surface area contributed by atoms with Crippen LogP contribution in [0.2, 0.25) is 0 Å². The Kier molecular flexibility index (Phi) is 7.74. The summed E-state index contributed by atoms with van der Waals surface area (Å²) in [6.45, 7) is 5.10. The van der Waals surface area contributed by atoms with Gasteiger partial charge in [0.1, 0.15) is 19.3 Å². The van der Waals surface area contributed by atoms with Gasteiger partial charge in [0.2, 0.25) is 5.91 Å². The number of cyclic esters (lactones) is 2. The van der Waals surface area contributed by atoms with Crippen LogP contribution in [-0.2, 0) is 28.6 Å². The first-order chi connectivity index (χ1) is 10.8. The SMILES string of the molecule is CO[C@H]1COC(=O)[C@H](C)NC(=O)[C@@H](C)COC(=O)C/C=C\[C@@H]1C. The molecule has 1 aliphatic heterocycles. The number of hydrogen-bond donors (Lipinski definition) is 1. The van der Waals surface area contributed by atoms with E-state index in [0.717, 1.165) is 0 Å². The molecule has 1 N–H and O–H groups in total. The first-order valence-electron chi connectivity index (χ1n) is 7.67. The molecule has 0 saturated heterocycles. The van der Waals surface area contributed by atoms with E-state index >= 15 is 0 Å². The fourth-order valence-electron chi connectivity index (χ4n) is 1.99. The van der Waals surface area contributed by atoms with Gasteiger partial charge < -0.3 is 19.5 Å². The summed E-state index contributed by atoms with van der Waals surface area (Å²) in [6, 6.07) is -0.783. The molecule has 23 heavy (non-hydrogen) atoms. The molecular formula is C16H25NO6. The minimum Gasteiger partial charge on any atom is -0.465 e. The molecule has 1 heterocycles. The lowest BCUT2D eigenvalue weighted by Gasteiger charge is -2.21. The van der Waals surface area contributed by atoms with Crippen molar-refractivity contribution in [1.29, 1.82) is 0 Å². The monoisotopic (exact) mass is 327 g/mol. The summed E-state index contributed by atoms with van der Waals surface area (Å²) < 4.78 is 15.6. The average Bonchev–Trinajstić information content (AvgIpc) is 2.51. The van der Waals surface area contributed by atoms with Crippen LogP contribution >= 0.6 is 0 Å². The van der Waals surface area contributed by atoms with Crippen LogP contribution in [0.4, 0.5) is 0 Å². The number of nitrogens with one attached hydrogen (secondary N) is 1. The summed E-state index contributed by atoms with van der Waals surface area (Å²) in [4.78, 5) is 35.5. The van der Waals surface area contributed by atoms with Crippen molar-refractivity contribution < 1.29 is 28.6 Å². The highest BCUT2D eigenvalue weighted by Gasteiger charge is 2.24. The number of carbonyl (C=O) groups excluding carboxylic acids is 3. The highest BCUT2D eigenvalue weighted by atomic mass is 16.6. The lowest BCUT2D eigenvalue weighted by atomic mass is 10.0. The Labute approximate surface area is 136 Å². The standard InChI is InChI=1S/C16H25NO6/c1-10-6-5-7-14(18)22-8-11(2)15(19)17-12(3)16(20)23-9-13(10)21-4/h5-6,10-13H,7-9H2,1-4H3,(H,17,19)/b6-5-/t10-,11-,12-,13-/m0/s1. The van der Waals surface area contributed by atoms with E-state index in [1.165, 1.54) is 7.11 Å². The molecular weight excluding hydrogens is 302 g/mol. The van der Waals surface area contributed by atoms with Crippen LogP contribution in [0, 0.1) is 11.8 Å². The molecule has 1 amide bonds. The fraction of sp³-hybridized carbons (Fsp3) is 0.688. The highest BCUT2D eigenvalue weighted by molar-refractivity contribution is 5.85. The second-order valence-electron chi connectivity index (χ2n) is 5.71. The second-order valence-corrected chi connectivity index (χ2v) is 5.71. The van der Waals surface area contributed by atoms with Gasteiger partial charge in [-0.3, -0.25) is 9.59 Å². The molecule has 0 unspecified atom stereocenters. The molecule has 0 bridgehead atoms. The lowest BCUT2D eigenvalue weighted by Crippen LogP contribution is -2.43. The molecule has 0 aromatic carbocycles. The topological polar surface area (TPSA) is 90.9 Å². The van der Waals surface area contributed by atoms with Crippen molar-refractivity contribution in [3.8, 4) is 0 Å². The summed E-state index contributed by atoms with van der Waals surface area (Å²) >= 11 is 0. The summed E-state index contributed by atoms with van der Waals surface area (Å²) in [5.41, 5.74) is 0. The van der Waals surface area contributed by atoms with E-state index in [4.69, 9.17) is 14.2 Å². The number of amides is 1. The van der Waals surface area contributed by atoms with Crippen molar-refractivity contribution in [2.75, 3.05) is 20.3 Å². The van der Waals surface area contributed by atoms with Crippen LogP contribution in [0.25, 0.3) is 0 Å². The summed E-state index contributed by atoms with van der Waals surface area (Å²) in [6.07, 6.45) is 3.29. The second kappa shape index (κ2) is 9.29. The third kappa shape index (κ3) is 6.40. The third-order valence-corrected chi connectivity index (χ3v) is 3.66. The van der Waals surface area contributed by atoms with E-state index in [1.807, 2.05) is 13.0 Å². The molecule has 0 radical (unpaired) electrons. The van der Waals surface area contributed by atoms with Gasteiger partial charge in [0.05, 0.1) is 18.4 Å². The van der Waals surface area contributed by atoms with Crippen LogP contribution in [0.5, 0.6) is 0 Å². The molecule has 1 rings (SSSR count). The molecule has 0 aromatic heterocycles. The van der Waals surface area contributed by atoms with Crippen LogP contribution in [0.1, 0.15) is 27.2 Å². The number of esters is 2. The van der Waals surface area contributed by atoms with Gasteiger partial charge in [-0.15, -0.1) is 0 Å². The molecule has 7 heteroatoms. The molecule has 7 nitrogen and oxygen atoms in total. The maximum Gasteiger partial charge on any atom is 0.328 e. The Bertz CT molecular complexity index is 461. The molecule has 0 aromatic rings. The van der Waals surface area contributed by atoms with Gasteiger partial charge in [-0.05, 0) is 6.92 Å². The Morgan fingerprint density at radius 3 is 2.48 bits per heavy atom. The Morgan fingerprint density at radius 2 is 1.83 bits per heavy atom. The van der Waals surface area contributed by atoms with Crippen molar-refractivity contribution in [2.24, 2.45) is 11.8 Å². The number of hydrogen-bond acceptors (Lipinski definition) is 6. The third-order valence-electron chi connectivity index (χ3n) is 3.66. The van der Waals surface area contributed by atoms with Gasteiger partial charge in [-0.1, -0.05) is 26.0 Å². The van der Waals surface area contributed by atoms with Gasteiger partial charge >= 0.3 is 11.9 Å². The van der Waals surface area contributed by atoms with Gasteiger partial charge in [0.25, 0.3) is 0 Å². The smallest absolute Gasteiger partial charge is 0.328 e. The summed E-state index contributed by atoms with van der Waals surface area (Å²) in [7, 11) is 1.53. The molecule has 0 saturated carbocycles.